The fourth-order valence-corrected chi connectivity index (χ4v) is 4.43. The van der Waals surface area contributed by atoms with Crippen molar-refractivity contribution >= 4 is 39.1 Å². The number of amides is 2. The Hall–Kier alpha value is -2.77. The number of ether oxygens (including phenoxy) is 1. The van der Waals surface area contributed by atoms with Crippen LogP contribution in [0.15, 0.2) is 48.5 Å². The molecule has 6 nitrogen and oxygen atoms in total. The van der Waals surface area contributed by atoms with Gasteiger partial charge < -0.3 is 4.74 Å². The lowest BCUT2D eigenvalue weighted by molar-refractivity contribution is -0.122. The molecule has 1 saturated heterocycles. The number of thiazole rings is 1. The number of aromatic nitrogens is 1. The minimum absolute atomic E-state index is 0.174. The van der Waals surface area contributed by atoms with Crippen LogP contribution in [0.2, 0.25) is 0 Å². The molecule has 0 radical (unpaired) electrons. The zero-order chi connectivity index (χ0) is 19.7. The summed E-state index contributed by atoms with van der Waals surface area (Å²) >= 11 is 1.61. The van der Waals surface area contributed by atoms with Crippen molar-refractivity contribution in [1.29, 1.82) is 0 Å². The van der Waals surface area contributed by atoms with Crippen molar-refractivity contribution < 1.29 is 14.3 Å². The molecule has 1 aliphatic heterocycles. The predicted octanol–water partition coefficient (Wildman–Crippen LogP) is 3.46. The minimum Gasteiger partial charge on any atom is -0.494 e. The van der Waals surface area contributed by atoms with E-state index in [-0.39, 0.29) is 18.2 Å². The SMILES string of the molecule is CCOc1ccc(N2C(=O)C[C@@H](N(C)Cc3nc4ccccc4s3)C2=O)cc1. The standard InChI is InChI=1S/C21H21N3O3S/c1-3-27-15-10-8-14(9-11-15)24-20(25)12-17(21(24)26)23(2)13-19-22-16-6-4-5-7-18(16)28-19/h4-11,17H,3,12-13H2,1-2H3/t17-/m1/s1. The van der Waals surface area contributed by atoms with Crippen molar-refractivity contribution in [2.75, 3.05) is 18.6 Å². The van der Waals surface area contributed by atoms with Crippen molar-refractivity contribution in [1.82, 2.24) is 9.88 Å². The van der Waals surface area contributed by atoms with Crippen LogP contribution in [0.3, 0.4) is 0 Å². The van der Waals surface area contributed by atoms with Gasteiger partial charge in [0.25, 0.3) is 5.91 Å². The smallest absolute Gasteiger partial charge is 0.251 e. The van der Waals surface area contributed by atoms with Crippen LogP contribution in [0.1, 0.15) is 18.4 Å². The van der Waals surface area contributed by atoms with Crippen LogP contribution in [0.25, 0.3) is 10.2 Å². The van der Waals surface area contributed by atoms with Gasteiger partial charge in [0.15, 0.2) is 0 Å². The molecule has 1 atom stereocenters. The fraction of sp³-hybridized carbons (Fsp3) is 0.286. The van der Waals surface area contributed by atoms with Gasteiger partial charge in [0, 0.05) is 0 Å². The average Bonchev–Trinajstić information content (AvgIpc) is 3.22. The molecule has 0 saturated carbocycles. The molecule has 2 aromatic carbocycles. The summed E-state index contributed by atoms with van der Waals surface area (Å²) in [5.41, 5.74) is 1.54. The summed E-state index contributed by atoms with van der Waals surface area (Å²) < 4.78 is 6.55. The first kappa shape index (κ1) is 18.6. The average molecular weight is 395 g/mol. The Kier molecular flexibility index (Phi) is 5.11. The number of hydrogen-bond donors (Lipinski definition) is 0. The molecular weight excluding hydrogens is 374 g/mol. The van der Waals surface area contributed by atoms with E-state index in [1.165, 1.54) is 4.90 Å². The van der Waals surface area contributed by atoms with E-state index in [2.05, 4.69) is 4.98 Å². The van der Waals surface area contributed by atoms with E-state index in [0.29, 0.717) is 18.8 Å². The highest BCUT2D eigenvalue weighted by molar-refractivity contribution is 7.18. The Labute approximate surface area is 167 Å². The number of para-hydroxylation sites is 1. The van der Waals surface area contributed by atoms with Crippen LogP contribution >= 0.6 is 11.3 Å². The van der Waals surface area contributed by atoms with Crippen LogP contribution in [0.4, 0.5) is 5.69 Å². The van der Waals surface area contributed by atoms with Gasteiger partial charge in [-0.2, -0.15) is 0 Å². The zero-order valence-electron chi connectivity index (χ0n) is 15.8. The molecule has 2 heterocycles. The highest BCUT2D eigenvalue weighted by atomic mass is 32.1. The van der Waals surface area contributed by atoms with E-state index in [0.717, 1.165) is 21.0 Å². The van der Waals surface area contributed by atoms with Crippen LogP contribution in [-0.2, 0) is 16.1 Å². The number of hydrogen-bond acceptors (Lipinski definition) is 6. The molecular formula is C21H21N3O3S. The molecule has 0 aliphatic carbocycles. The first-order chi connectivity index (χ1) is 13.6. The molecule has 4 rings (SSSR count). The van der Waals surface area contributed by atoms with Gasteiger partial charge in [-0.3, -0.25) is 14.5 Å². The highest BCUT2D eigenvalue weighted by Gasteiger charge is 2.41. The summed E-state index contributed by atoms with van der Waals surface area (Å²) in [5, 5.41) is 0.934. The molecule has 28 heavy (non-hydrogen) atoms. The second-order valence-corrected chi connectivity index (χ2v) is 7.82. The normalized spacial score (nSPS) is 17.1. The molecule has 0 unspecified atom stereocenters. The summed E-state index contributed by atoms with van der Waals surface area (Å²) in [7, 11) is 1.86. The van der Waals surface area contributed by atoms with Gasteiger partial charge in [-0.25, -0.2) is 9.88 Å². The first-order valence-corrected chi connectivity index (χ1v) is 10.0. The van der Waals surface area contributed by atoms with Gasteiger partial charge >= 0.3 is 0 Å². The molecule has 1 aliphatic rings. The topological polar surface area (TPSA) is 62.7 Å². The van der Waals surface area contributed by atoms with Crippen LogP contribution < -0.4 is 9.64 Å². The number of nitrogens with zero attached hydrogens (tertiary/aromatic N) is 3. The summed E-state index contributed by atoms with van der Waals surface area (Å²) in [4.78, 5) is 33.3. The Morgan fingerprint density at radius 3 is 2.64 bits per heavy atom. The third-order valence-corrected chi connectivity index (χ3v) is 5.80. The van der Waals surface area contributed by atoms with E-state index in [9.17, 15) is 9.59 Å². The Bertz CT molecular complexity index is 982. The number of rotatable bonds is 6. The first-order valence-electron chi connectivity index (χ1n) is 9.21. The monoisotopic (exact) mass is 395 g/mol. The Balaban J connectivity index is 1.49. The molecule has 1 aromatic heterocycles. The number of imide groups is 1. The quantitative estimate of drug-likeness (QED) is 0.598. The summed E-state index contributed by atoms with van der Waals surface area (Å²) in [6.07, 6.45) is 0.174. The third kappa shape index (κ3) is 3.50. The number of anilines is 1. The predicted molar refractivity (Wildman–Crippen MR) is 110 cm³/mol. The van der Waals surface area contributed by atoms with Crippen LogP contribution in [0.5, 0.6) is 5.75 Å². The highest BCUT2D eigenvalue weighted by Crippen LogP contribution is 2.29. The van der Waals surface area contributed by atoms with Gasteiger partial charge in [0.2, 0.25) is 5.91 Å². The lowest BCUT2D eigenvalue weighted by Gasteiger charge is -2.22. The maximum absolute atomic E-state index is 12.9. The molecule has 0 bridgehead atoms. The van der Waals surface area contributed by atoms with Crippen molar-refractivity contribution in [2.45, 2.75) is 25.9 Å². The Morgan fingerprint density at radius 2 is 1.93 bits per heavy atom. The molecule has 3 aromatic rings. The number of carbonyl (C=O) groups is 2. The number of likely N-dealkylation sites (N-methyl/N-ethyl adjacent to an activating group) is 1. The van der Waals surface area contributed by atoms with Gasteiger partial charge in [0.05, 0.1) is 41.5 Å². The zero-order valence-corrected chi connectivity index (χ0v) is 16.6. The maximum Gasteiger partial charge on any atom is 0.251 e. The summed E-state index contributed by atoms with van der Waals surface area (Å²) in [6, 6.07) is 14.5. The lowest BCUT2D eigenvalue weighted by Crippen LogP contribution is -2.39. The van der Waals surface area contributed by atoms with Crippen molar-refractivity contribution in [3.63, 3.8) is 0 Å². The molecule has 144 valence electrons. The molecule has 0 N–H and O–H groups in total. The number of benzene rings is 2. The van der Waals surface area contributed by atoms with Crippen LogP contribution in [0, 0.1) is 0 Å². The third-order valence-electron chi connectivity index (χ3n) is 4.78. The number of carbonyl (C=O) groups excluding carboxylic acids is 2. The van der Waals surface area contributed by atoms with Gasteiger partial charge in [-0.05, 0) is 50.4 Å². The fourth-order valence-electron chi connectivity index (χ4n) is 3.40. The van der Waals surface area contributed by atoms with E-state index in [1.54, 1.807) is 35.6 Å². The molecule has 7 heteroatoms. The van der Waals surface area contributed by atoms with E-state index >= 15 is 0 Å². The number of fused-ring (bicyclic) bond motifs is 1. The molecule has 2 amide bonds. The molecule has 0 spiro atoms. The van der Waals surface area contributed by atoms with Gasteiger partial charge in [-0.15, -0.1) is 11.3 Å². The second kappa shape index (κ2) is 7.69. The van der Waals surface area contributed by atoms with Gasteiger partial charge in [0.1, 0.15) is 10.8 Å². The van der Waals surface area contributed by atoms with Crippen molar-refractivity contribution in [3.05, 3.63) is 53.5 Å². The summed E-state index contributed by atoms with van der Waals surface area (Å²) in [6.45, 7) is 3.01. The maximum atomic E-state index is 12.9. The van der Waals surface area contributed by atoms with Crippen molar-refractivity contribution in [3.8, 4) is 5.75 Å². The summed E-state index contributed by atoms with van der Waals surface area (Å²) in [5.74, 6) is 0.336. The van der Waals surface area contributed by atoms with Crippen molar-refractivity contribution in [2.24, 2.45) is 0 Å². The molecule has 1 fully saturated rings. The minimum atomic E-state index is -0.480. The lowest BCUT2D eigenvalue weighted by atomic mass is 10.2. The van der Waals surface area contributed by atoms with E-state index in [1.807, 2.05) is 43.1 Å². The van der Waals surface area contributed by atoms with E-state index < -0.39 is 6.04 Å². The van der Waals surface area contributed by atoms with Crippen LogP contribution in [-0.4, -0.2) is 41.4 Å². The largest absolute Gasteiger partial charge is 0.494 e. The van der Waals surface area contributed by atoms with Gasteiger partial charge in [-0.1, -0.05) is 12.1 Å². The second-order valence-electron chi connectivity index (χ2n) is 6.70. The van der Waals surface area contributed by atoms with E-state index in [4.69, 9.17) is 4.74 Å². The Morgan fingerprint density at radius 1 is 1.18 bits per heavy atom.